The Morgan fingerprint density at radius 3 is 2.31 bits per heavy atom. The van der Waals surface area contributed by atoms with Gasteiger partial charge in [-0.25, -0.2) is 8.78 Å². The average molecular weight is 499 g/mol. The maximum absolute atomic E-state index is 17.3. The van der Waals surface area contributed by atoms with E-state index >= 15 is 8.78 Å². The van der Waals surface area contributed by atoms with Gasteiger partial charge in [-0.3, -0.25) is 19.2 Å². The number of ether oxygens (including phenoxy) is 2. The van der Waals surface area contributed by atoms with E-state index in [2.05, 4.69) is 0 Å². The van der Waals surface area contributed by atoms with Crippen molar-refractivity contribution < 1.29 is 42.5 Å². The highest BCUT2D eigenvalue weighted by Crippen LogP contribution is 2.72. The Hall–Kier alpha value is -1.90. The number of Topliss-reactive ketones (excluding diaryl/α,β-unsaturated/α-hetero) is 2. The first-order valence-corrected chi connectivity index (χ1v) is 12.5. The first-order chi connectivity index (χ1) is 16.1. The van der Waals surface area contributed by atoms with Gasteiger partial charge in [-0.15, -0.1) is 0 Å². The van der Waals surface area contributed by atoms with Crippen molar-refractivity contribution >= 4 is 23.5 Å². The molecule has 0 saturated heterocycles. The third kappa shape index (κ3) is 3.36. The van der Waals surface area contributed by atoms with Gasteiger partial charge in [0.1, 0.15) is 17.6 Å². The van der Waals surface area contributed by atoms with E-state index in [1.807, 2.05) is 0 Å². The lowest BCUT2D eigenvalue weighted by atomic mass is 9.41. The third-order valence-corrected chi connectivity index (χ3v) is 10.2. The van der Waals surface area contributed by atoms with Gasteiger partial charge in [-0.2, -0.15) is 0 Å². The van der Waals surface area contributed by atoms with Gasteiger partial charge in [0.2, 0.25) is 5.78 Å². The fourth-order valence-corrected chi connectivity index (χ4v) is 8.72. The number of carbonyl (C=O) groups excluding carboxylic acids is 4. The molecule has 0 radical (unpaired) electrons. The average Bonchev–Trinajstić information content (AvgIpc) is 2.97. The topological polar surface area (TPSA) is 107 Å². The minimum Gasteiger partial charge on any atom is -0.458 e. The predicted molar refractivity (Wildman–Crippen MR) is 119 cm³/mol. The molecule has 4 rings (SSSR count). The number of hydrogen-bond donors (Lipinski definition) is 1. The largest absolute Gasteiger partial charge is 0.458 e. The molecule has 4 saturated carbocycles. The Balaban J connectivity index is 1.82. The highest BCUT2D eigenvalue weighted by molar-refractivity contribution is 5.93. The van der Waals surface area contributed by atoms with Crippen molar-refractivity contribution in [1.82, 2.24) is 0 Å². The Morgan fingerprint density at radius 1 is 1.06 bits per heavy atom. The third-order valence-electron chi connectivity index (χ3n) is 10.2. The molecule has 196 valence electrons. The van der Waals surface area contributed by atoms with Gasteiger partial charge in [-0.1, -0.05) is 20.8 Å². The van der Waals surface area contributed by atoms with Crippen molar-refractivity contribution in [3.05, 3.63) is 0 Å². The zero-order valence-electron chi connectivity index (χ0n) is 21.1. The van der Waals surface area contributed by atoms with E-state index in [0.29, 0.717) is 0 Å². The van der Waals surface area contributed by atoms with Crippen molar-refractivity contribution in [2.45, 2.75) is 96.7 Å². The molecule has 0 amide bonds. The number of fused-ring (bicyclic) bond motifs is 5. The minimum absolute atomic E-state index is 0.0423. The lowest BCUT2D eigenvalue weighted by Crippen LogP contribution is -2.73. The second kappa shape index (κ2) is 8.32. The number of rotatable bonds is 4. The molecule has 0 aromatic rings. The van der Waals surface area contributed by atoms with Crippen molar-refractivity contribution in [3.63, 3.8) is 0 Å². The quantitative estimate of drug-likeness (QED) is 0.593. The standard InChI is InChI=1S/C26H36F2O7/c1-13-8-17-18-10-20(27)19-9-16(31)6-7-23(19,4)25(18,28)21(32)11-24(17,5)26(13,35-15(3)30)22(33)12-34-14(2)29/h13,17-21,32H,6-12H2,1-5H3/t13-,17-,18-,19-,20-,21-,23-,24-,25-,26+/m0/s1. The Bertz CT molecular complexity index is 954. The van der Waals surface area contributed by atoms with E-state index < -0.39 is 82.4 Å². The number of esters is 2. The van der Waals surface area contributed by atoms with Crippen LogP contribution in [0, 0.1) is 34.5 Å². The van der Waals surface area contributed by atoms with Crippen LogP contribution in [0.3, 0.4) is 0 Å². The number of hydrogen-bond acceptors (Lipinski definition) is 7. The van der Waals surface area contributed by atoms with Gasteiger partial charge in [0.15, 0.2) is 12.2 Å². The molecule has 4 fully saturated rings. The summed E-state index contributed by atoms with van der Waals surface area (Å²) in [6.07, 6.45) is -2.80. The van der Waals surface area contributed by atoms with Gasteiger partial charge in [0.25, 0.3) is 0 Å². The summed E-state index contributed by atoms with van der Waals surface area (Å²) in [6.45, 7) is 6.79. The van der Waals surface area contributed by atoms with E-state index in [9.17, 15) is 24.3 Å². The van der Waals surface area contributed by atoms with E-state index in [1.165, 1.54) is 6.92 Å². The normalized spacial score (nSPS) is 48.9. The molecule has 0 bridgehead atoms. The van der Waals surface area contributed by atoms with Crippen molar-refractivity contribution in [2.24, 2.45) is 34.5 Å². The molecule has 1 N–H and O–H groups in total. The maximum atomic E-state index is 17.3. The Morgan fingerprint density at radius 2 is 1.71 bits per heavy atom. The summed E-state index contributed by atoms with van der Waals surface area (Å²) >= 11 is 0. The molecule has 0 heterocycles. The van der Waals surface area contributed by atoms with Crippen LogP contribution in [0.2, 0.25) is 0 Å². The van der Waals surface area contributed by atoms with E-state index in [-0.39, 0.29) is 44.3 Å². The van der Waals surface area contributed by atoms with Gasteiger partial charge >= 0.3 is 11.9 Å². The van der Waals surface area contributed by atoms with Crippen molar-refractivity contribution in [1.29, 1.82) is 0 Å². The molecule has 0 unspecified atom stereocenters. The Labute approximate surface area is 204 Å². The first-order valence-electron chi connectivity index (χ1n) is 12.5. The van der Waals surface area contributed by atoms with Crippen LogP contribution in [0.1, 0.15) is 73.1 Å². The molecule has 7 nitrogen and oxygen atoms in total. The van der Waals surface area contributed by atoms with Crippen LogP contribution in [0.5, 0.6) is 0 Å². The molecular formula is C26H36F2O7. The minimum atomic E-state index is -2.16. The summed E-state index contributed by atoms with van der Waals surface area (Å²) < 4.78 is 43.7. The van der Waals surface area contributed by atoms with Crippen molar-refractivity contribution in [3.8, 4) is 0 Å². The van der Waals surface area contributed by atoms with Crippen molar-refractivity contribution in [2.75, 3.05) is 6.61 Å². The zero-order valence-corrected chi connectivity index (χ0v) is 21.1. The highest BCUT2D eigenvalue weighted by atomic mass is 19.1. The van der Waals surface area contributed by atoms with Crippen LogP contribution < -0.4 is 0 Å². The van der Waals surface area contributed by atoms with Crippen LogP contribution in [0.25, 0.3) is 0 Å². The molecule has 0 aromatic heterocycles. The van der Waals surface area contributed by atoms with Crippen LogP contribution in [-0.4, -0.2) is 58.8 Å². The molecule has 0 spiro atoms. The van der Waals surface area contributed by atoms with Gasteiger partial charge in [0, 0.05) is 55.3 Å². The number of halogens is 2. The van der Waals surface area contributed by atoms with Crippen LogP contribution in [0.15, 0.2) is 0 Å². The Kier molecular flexibility index (Phi) is 6.22. The molecule has 35 heavy (non-hydrogen) atoms. The van der Waals surface area contributed by atoms with Crippen LogP contribution in [-0.2, 0) is 28.7 Å². The summed E-state index contributed by atoms with van der Waals surface area (Å²) in [4.78, 5) is 49.4. The zero-order chi connectivity index (χ0) is 26.1. The smallest absolute Gasteiger partial charge is 0.303 e. The number of aliphatic hydroxyl groups excluding tert-OH is 1. The summed E-state index contributed by atoms with van der Waals surface area (Å²) in [5, 5.41) is 11.5. The summed E-state index contributed by atoms with van der Waals surface area (Å²) in [7, 11) is 0. The SMILES string of the molecule is CC(=O)OCC(=O)[C@]1(OC(C)=O)[C@@H](C)C[C@H]2[C@@H]3C[C@H](F)[C@@H]4CC(=O)CC[C@]4(C)[C@@]3(F)[C@@H](O)C[C@@]21C. The molecule has 4 aliphatic rings. The van der Waals surface area contributed by atoms with Gasteiger partial charge in [-0.05, 0) is 31.6 Å². The lowest BCUT2D eigenvalue weighted by Gasteiger charge is -2.65. The molecular weight excluding hydrogens is 462 g/mol. The summed E-state index contributed by atoms with van der Waals surface area (Å²) in [5.74, 6) is -4.99. The number of ketones is 2. The van der Waals surface area contributed by atoms with Crippen LogP contribution >= 0.6 is 0 Å². The molecule has 10 atom stereocenters. The molecule has 9 heteroatoms. The monoisotopic (exact) mass is 498 g/mol. The predicted octanol–water partition coefficient (Wildman–Crippen LogP) is 3.29. The number of carbonyl (C=O) groups is 4. The van der Waals surface area contributed by atoms with Gasteiger partial charge in [0.05, 0.1) is 6.10 Å². The summed E-state index contributed by atoms with van der Waals surface area (Å²) in [5.41, 5.74) is -6.35. The second-order valence-corrected chi connectivity index (χ2v) is 11.8. The number of aliphatic hydroxyl groups is 1. The second-order valence-electron chi connectivity index (χ2n) is 11.8. The van der Waals surface area contributed by atoms with E-state index in [0.717, 1.165) is 6.92 Å². The first kappa shape index (κ1) is 26.2. The molecule has 0 aliphatic heterocycles. The lowest BCUT2D eigenvalue weighted by molar-refractivity contribution is -0.267. The molecule has 0 aromatic carbocycles. The number of alkyl halides is 2. The fraction of sp³-hybridized carbons (Fsp3) is 0.846. The van der Waals surface area contributed by atoms with Gasteiger partial charge < -0.3 is 14.6 Å². The van der Waals surface area contributed by atoms with E-state index in [4.69, 9.17) is 9.47 Å². The summed E-state index contributed by atoms with van der Waals surface area (Å²) in [6, 6.07) is 0. The maximum Gasteiger partial charge on any atom is 0.303 e. The molecule has 4 aliphatic carbocycles. The fourth-order valence-electron chi connectivity index (χ4n) is 8.72. The van der Waals surface area contributed by atoms with Crippen LogP contribution in [0.4, 0.5) is 8.78 Å². The highest BCUT2D eigenvalue weighted by Gasteiger charge is 2.78. The van der Waals surface area contributed by atoms with E-state index in [1.54, 1.807) is 20.8 Å².